The Balaban J connectivity index is 3.11. The highest BCUT2D eigenvalue weighted by atomic mass is 16.5. The van der Waals surface area contributed by atoms with E-state index in [1.807, 2.05) is 6.92 Å². The fourth-order valence-corrected chi connectivity index (χ4v) is 0.686. The Kier molecular flexibility index (Phi) is 5.94. The maximum absolute atomic E-state index is 4.91. The molecule has 0 atom stereocenters. The van der Waals surface area contributed by atoms with E-state index in [2.05, 4.69) is 18.7 Å². The molecule has 0 amide bonds. The zero-order valence-electron chi connectivity index (χ0n) is 6.89. The van der Waals surface area contributed by atoms with E-state index in [4.69, 9.17) is 4.74 Å². The van der Waals surface area contributed by atoms with E-state index in [-0.39, 0.29) is 0 Å². The maximum atomic E-state index is 4.91. The van der Waals surface area contributed by atoms with Crippen molar-refractivity contribution in [3.63, 3.8) is 0 Å². The van der Waals surface area contributed by atoms with Crippen LogP contribution in [0.4, 0.5) is 0 Å². The molecular formula is C9H16O. The molecule has 0 aromatic rings. The molecule has 0 saturated carbocycles. The van der Waals surface area contributed by atoms with E-state index >= 15 is 0 Å². The van der Waals surface area contributed by atoms with Crippen molar-refractivity contribution in [2.45, 2.75) is 26.2 Å². The van der Waals surface area contributed by atoms with Crippen molar-refractivity contribution in [2.75, 3.05) is 7.11 Å². The van der Waals surface area contributed by atoms with Gasteiger partial charge >= 0.3 is 0 Å². The Labute approximate surface area is 63.4 Å². The molecule has 0 bridgehead atoms. The molecule has 0 aromatic heterocycles. The lowest BCUT2D eigenvalue weighted by Crippen LogP contribution is -1.83. The van der Waals surface area contributed by atoms with Crippen LogP contribution in [-0.4, -0.2) is 7.11 Å². The molecule has 0 aromatic carbocycles. The van der Waals surface area contributed by atoms with Gasteiger partial charge < -0.3 is 4.74 Å². The largest absolute Gasteiger partial charge is 0.502 e. The van der Waals surface area contributed by atoms with E-state index in [1.54, 1.807) is 7.11 Å². The molecule has 0 spiro atoms. The quantitative estimate of drug-likeness (QED) is 0.324. The highest BCUT2D eigenvalue weighted by Crippen LogP contribution is 2.05. The van der Waals surface area contributed by atoms with Crippen LogP contribution in [0, 0.1) is 0 Å². The van der Waals surface area contributed by atoms with E-state index in [0.29, 0.717) is 0 Å². The Bertz CT molecular complexity index is 114. The van der Waals surface area contributed by atoms with E-state index in [1.165, 1.54) is 0 Å². The van der Waals surface area contributed by atoms with Crippen molar-refractivity contribution in [1.29, 1.82) is 0 Å². The molecule has 0 unspecified atom stereocenters. The Morgan fingerprint density at radius 2 is 2.30 bits per heavy atom. The highest BCUT2D eigenvalue weighted by Gasteiger charge is 1.89. The molecule has 0 aliphatic carbocycles. The van der Waals surface area contributed by atoms with Gasteiger partial charge in [-0.25, -0.2) is 0 Å². The van der Waals surface area contributed by atoms with Crippen LogP contribution >= 0.6 is 0 Å². The molecular weight excluding hydrogens is 124 g/mol. The van der Waals surface area contributed by atoms with Gasteiger partial charge in [-0.05, 0) is 19.8 Å². The second kappa shape index (κ2) is 6.40. The maximum Gasteiger partial charge on any atom is 0.0884 e. The normalized spacial score (nSPS) is 10.2. The summed E-state index contributed by atoms with van der Waals surface area (Å²) < 4.78 is 4.91. The average Bonchev–Trinajstić information content (AvgIpc) is 1.98. The lowest BCUT2D eigenvalue weighted by Gasteiger charge is -2.00. The smallest absolute Gasteiger partial charge is 0.0884 e. The number of hydrogen-bond acceptors (Lipinski definition) is 1. The molecule has 1 nitrogen and oxygen atoms in total. The van der Waals surface area contributed by atoms with Crippen LogP contribution in [0.15, 0.2) is 24.5 Å². The van der Waals surface area contributed by atoms with Gasteiger partial charge in [-0.15, -0.1) is 0 Å². The molecule has 58 valence electrons. The Morgan fingerprint density at radius 1 is 1.60 bits per heavy atom. The zero-order chi connectivity index (χ0) is 7.82. The summed E-state index contributed by atoms with van der Waals surface area (Å²) in [6.07, 6.45) is 7.45. The van der Waals surface area contributed by atoms with Crippen LogP contribution in [-0.2, 0) is 4.74 Å². The highest BCUT2D eigenvalue weighted by molar-refractivity contribution is 4.84. The first-order valence-electron chi connectivity index (χ1n) is 3.64. The number of allylic oxidation sites excluding steroid dienone is 3. The van der Waals surface area contributed by atoms with Crippen molar-refractivity contribution in [2.24, 2.45) is 0 Å². The molecule has 0 fully saturated rings. The van der Waals surface area contributed by atoms with Gasteiger partial charge in [0.05, 0.1) is 12.9 Å². The van der Waals surface area contributed by atoms with Crippen molar-refractivity contribution in [1.82, 2.24) is 0 Å². The molecule has 1 heteroatoms. The van der Waals surface area contributed by atoms with E-state index < -0.39 is 0 Å². The first-order chi connectivity index (χ1) is 4.81. The van der Waals surface area contributed by atoms with Crippen LogP contribution in [0.2, 0.25) is 0 Å². The van der Waals surface area contributed by atoms with Crippen molar-refractivity contribution in [3.8, 4) is 0 Å². The molecule has 0 aliphatic heterocycles. The van der Waals surface area contributed by atoms with Gasteiger partial charge in [0.2, 0.25) is 0 Å². The minimum Gasteiger partial charge on any atom is -0.502 e. The van der Waals surface area contributed by atoms with Gasteiger partial charge in [0, 0.05) is 6.42 Å². The summed E-state index contributed by atoms with van der Waals surface area (Å²) >= 11 is 0. The molecule has 0 aliphatic rings. The summed E-state index contributed by atoms with van der Waals surface area (Å²) in [6, 6.07) is 0. The molecule has 10 heavy (non-hydrogen) atoms. The number of methoxy groups -OCH3 is 1. The van der Waals surface area contributed by atoms with Crippen molar-refractivity contribution in [3.05, 3.63) is 24.5 Å². The summed E-state index contributed by atoms with van der Waals surface area (Å²) in [6.45, 7) is 5.76. The Morgan fingerprint density at radius 3 is 2.80 bits per heavy atom. The first kappa shape index (κ1) is 9.28. The predicted octanol–water partition coefficient (Wildman–Crippen LogP) is 2.89. The van der Waals surface area contributed by atoms with Gasteiger partial charge in [-0.1, -0.05) is 18.7 Å². The second-order valence-corrected chi connectivity index (χ2v) is 2.20. The first-order valence-corrected chi connectivity index (χ1v) is 3.64. The third-order valence-electron chi connectivity index (χ3n) is 1.35. The monoisotopic (exact) mass is 140 g/mol. The third kappa shape index (κ3) is 5.42. The summed E-state index contributed by atoms with van der Waals surface area (Å²) in [5, 5.41) is 0. The standard InChI is InChI=1S/C9H16O/c1-4-5-6-7-8-9(2)10-3/h4-5H,2,6-8H2,1,3H3/b5-4-. The van der Waals surface area contributed by atoms with Gasteiger partial charge in [-0.2, -0.15) is 0 Å². The third-order valence-corrected chi connectivity index (χ3v) is 1.35. The van der Waals surface area contributed by atoms with Crippen LogP contribution < -0.4 is 0 Å². The number of unbranched alkanes of at least 4 members (excludes halogenated alkanes) is 1. The van der Waals surface area contributed by atoms with Gasteiger partial charge in [0.15, 0.2) is 0 Å². The topological polar surface area (TPSA) is 9.23 Å². The summed E-state index contributed by atoms with van der Waals surface area (Å²) in [5.41, 5.74) is 0. The SMILES string of the molecule is C=C(CCC/C=C\C)OC. The molecule has 0 rings (SSSR count). The van der Waals surface area contributed by atoms with Crippen LogP contribution in [0.5, 0.6) is 0 Å². The van der Waals surface area contributed by atoms with Gasteiger partial charge in [0.1, 0.15) is 0 Å². The summed E-state index contributed by atoms with van der Waals surface area (Å²) in [4.78, 5) is 0. The minimum atomic E-state index is 0.879. The second-order valence-electron chi connectivity index (χ2n) is 2.20. The summed E-state index contributed by atoms with van der Waals surface area (Å²) in [7, 11) is 1.66. The number of hydrogen-bond donors (Lipinski definition) is 0. The fraction of sp³-hybridized carbons (Fsp3) is 0.556. The number of ether oxygens (including phenoxy) is 1. The van der Waals surface area contributed by atoms with Crippen molar-refractivity contribution >= 4 is 0 Å². The molecule has 0 saturated heterocycles. The lowest BCUT2D eigenvalue weighted by molar-refractivity contribution is 0.277. The van der Waals surface area contributed by atoms with Gasteiger partial charge in [0.25, 0.3) is 0 Å². The average molecular weight is 140 g/mol. The zero-order valence-corrected chi connectivity index (χ0v) is 6.89. The molecule has 0 heterocycles. The molecule has 0 N–H and O–H groups in total. The fourth-order valence-electron chi connectivity index (χ4n) is 0.686. The number of rotatable bonds is 5. The van der Waals surface area contributed by atoms with Crippen LogP contribution in [0.25, 0.3) is 0 Å². The van der Waals surface area contributed by atoms with Crippen molar-refractivity contribution < 1.29 is 4.74 Å². The molecule has 0 radical (unpaired) electrons. The van der Waals surface area contributed by atoms with Crippen LogP contribution in [0.3, 0.4) is 0 Å². The van der Waals surface area contributed by atoms with E-state index in [0.717, 1.165) is 25.0 Å². The van der Waals surface area contributed by atoms with Crippen LogP contribution in [0.1, 0.15) is 26.2 Å². The Hall–Kier alpha value is -0.720. The van der Waals surface area contributed by atoms with E-state index in [9.17, 15) is 0 Å². The predicted molar refractivity (Wildman–Crippen MR) is 44.8 cm³/mol. The summed E-state index contributed by atoms with van der Waals surface area (Å²) in [5.74, 6) is 0.879. The lowest BCUT2D eigenvalue weighted by atomic mass is 10.2. The van der Waals surface area contributed by atoms with Gasteiger partial charge in [-0.3, -0.25) is 0 Å². The minimum absolute atomic E-state index is 0.879.